The van der Waals surface area contributed by atoms with Crippen LogP contribution in [0.1, 0.15) is 39.4 Å². The fourth-order valence-corrected chi connectivity index (χ4v) is 2.80. The summed E-state index contributed by atoms with van der Waals surface area (Å²) in [7, 11) is 0. The van der Waals surface area contributed by atoms with E-state index in [4.69, 9.17) is 5.11 Å². The summed E-state index contributed by atoms with van der Waals surface area (Å²) in [5.74, 6) is -1.30. The van der Waals surface area contributed by atoms with E-state index in [1.807, 2.05) is 17.5 Å². The zero-order valence-corrected chi connectivity index (χ0v) is 12.7. The molecule has 0 atom stereocenters. The number of benzene rings is 1. The molecule has 0 saturated carbocycles. The van der Waals surface area contributed by atoms with E-state index < -0.39 is 5.97 Å². The van der Waals surface area contributed by atoms with Crippen molar-refractivity contribution in [3.05, 3.63) is 57.8 Å². The first-order valence-electron chi connectivity index (χ1n) is 6.56. The van der Waals surface area contributed by atoms with Gasteiger partial charge in [0.1, 0.15) is 0 Å². The van der Waals surface area contributed by atoms with Gasteiger partial charge in [-0.1, -0.05) is 26.0 Å². The van der Waals surface area contributed by atoms with Crippen molar-refractivity contribution in [3.8, 4) is 0 Å². The Morgan fingerprint density at radius 3 is 2.52 bits per heavy atom. The first-order valence-corrected chi connectivity index (χ1v) is 7.44. The standard InChI is InChI=1S/C16H17NO3S/c1-16(2,13-7-4-8-21-13)10-17-14(18)11-5-3-6-12(9-11)15(19)20/h3-9H,10H2,1-2H3,(H,17,18)(H,19,20). The molecule has 2 aromatic rings. The smallest absolute Gasteiger partial charge is 0.335 e. The number of amides is 1. The Hall–Kier alpha value is -2.14. The lowest BCUT2D eigenvalue weighted by atomic mass is 9.91. The van der Waals surface area contributed by atoms with Crippen LogP contribution in [0.15, 0.2) is 41.8 Å². The lowest BCUT2D eigenvalue weighted by Crippen LogP contribution is -2.36. The Morgan fingerprint density at radius 1 is 1.19 bits per heavy atom. The van der Waals surface area contributed by atoms with Gasteiger partial charge in [-0.3, -0.25) is 4.79 Å². The van der Waals surface area contributed by atoms with Crippen molar-refractivity contribution in [3.63, 3.8) is 0 Å². The highest BCUT2D eigenvalue weighted by molar-refractivity contribution is 7.10. The fraction of sp³-hybridized carbons (Fsp3) is 0.250. The quantitative estimate of drug-likeness (QED) is 0.891. The van der Waals surface area contributed by atoms with Crippen LogP contribution in [0.5, 0.6) is 0 Å². The molecule has 4 nitrogen and oxygen atoms in total. The van der Waals surface area contributed by atoms with Gasteiger partial charge in [0.2, 0.25) is 0 Å². The van der Waals surface area contributed by atoms with Crippen LogP contribution in [0, 0.1) is 0 Å². The van der Waals surface area contributed by atoms with E-state index in [0.29, 0.717) is 12.1 Å². The van der Waals surface area contributed by atoms with E-state index in [0.717, 1.165) is 0 Å². The number of hydrogen-bond acceptors (Lipinski definition) is 3. The van der Waals surface area contributed by atoms with Crippen molar-refractivity contribution in [1.82, 2.24) is 5.32 Å². The molecule has 5 heteroatoms. The molecule has 2 N–H and O–H groups in total. The van der Waals surface area contributed by atoms with Crippen LogP contribution in [0.25, 0.3) is 0 Å². The summed E-state index contributed by atoms with van der Waals surface area (Å²) in [6.45, 7) is 4.61. The maximum absolute atomic E-state index is 12.1. The Balaban J connectivity index is 2.05. The van der Waals surface area contributed by atoms with Crippen molar-refractivity contribution in [2.24, 2.45) is 0 Å². The van der Waals surface area contributed by atoms with Crippen molar-refractivity contribution >= 4 is 23.2 Å². The highest BCUT2D eigenvalue weighted by Crippen LogP contribution is 2.26. The molecule has 21 heavy (non-hydrogen) atoms. The molecule has 2 rings (SSSR count). The molecule has 0 spiro atoms. The predicted molar refractivity (Wildman–Crippen MR) is 83.1 cm³/mol. The number of carboxylic acids is 1. The van der Waals surface area contributed by atoms with Crippen molar-refractivity contribution in [2.45, 2.75) is 19.3 Å². The summed E-state index contributed by atoms with van der Waals surface area (Å²) in [6, 6.07) is 10.1. The first-order chi connectivity index (χ1) is 9.90. The maximum atomic E-state index is 12.1. The molecular weight excluding hydrogens is 286 g/mol. The first kappa shape index (κ1) is 15.3. The van der Waals surface area contributed by atoms with Crippen molar-refractivity contribution in [2.75, 3.05) is 6.54 Å². The third kappa shape index (κ3) is 3.70. The molecule has 110 valence electrons. The topological polar surface area (TPSA) is 66.4 Å². The number of carbonyl (C=O) groups is 2. The van der Waals surface area contributed by atoms with Crippen LogP contribution in [-0.2, 0) is 5.41 Å². The van der Waals surface area contributed by atoms with Crippen LogP contribution < -0.4 is 5.32 Å². The average molecular weight is 303 g/mol. The van der Waals surface area contributed by atoms with E-state index in [2.05, 4.69) is 19.2 Å². The lowest BCUT2D eigenvalue weighted by Gasteiger charge is -2.23. The minimum absolute atomic E-state index is 0.111. The van der Waals surface area contributed by atoms with E-state index in [1.54, 1.807) is 23.5 Å². The Kier molecular flexibility index (Phi) is 4.43. The summed E-state index contributed by atoms with van der Waals surface area (Å²) >= 11 is 1.65. The Bertz CT molecular complexity index is 647. The van der Waals surface area contributed by atoms with Gasteiger partial charge in [-0.15, -0.1) is 11.3 Å². The number of nitrogens with one attached hydrogen (secondary N) is 1. The second kappa shape index (κ2) is 6.10. The van der Waals surface area contributed by atoms with Crippen LogP contribution in [0.3, 0.4) is 0 Å². The summed E-state index contributed by atoms with van der Waals surface area (Å²) < 4.78 is 0. The molecule has 1 heterocycles. The molecule has 0 saturated heterocycles. The van der Waals surface area contributed by atoms with E-state index >= 15 is 0 Å². The Morgan fingerprint density at radius 2 is 1.90 bits per heavy atom. The summed E-state index contributed by atoms with van der Waals surface area (Å²) in [5, 5.41) is 13.8. The number of carbonyl (C=O) groups excluding carboxylic acids is 1. The molecule has 0 aliphatic rings. The molecule has 0 bridgehead atoms. The average Bonchev–Trinajstić information content (AvgIpc) is 3.00. The van der Waals surface area contributed by atoms with E-state index in [1.165, 1.54) is 17.0 Å². The van der Waals surface area contributed by atoms with Gasteiger partial charge in [-0.2, -0.15) is 0 Å². The van der Waals surface area contributed by atoms with Crippen LogP contribution in [-0.4, -0.2) is 23.5 Å². The molecule has 0 aliphatic carbocycles. The number of hydrogen-bond donors (Lipinski definition) is 2. The SMILES string of the molecule is CC(C)(CNC(=O)c1cccc(C(=O)O)c1)c1cccs1. The molecule has 0 radical (unpaired) electrons. The summed E-state index contributed by atoms with van der Waals surface area (Å²) in [5.41, 5.74) is 0.311. The fourth-order valence-electron chi connectivity index (χ4n) is 1.95. The molecular formula is C16H17NO3S. The lowest BCUT2D eigenvalue weighted by molar-refractivity contribution is 0.0697. The van der Waals surface area contributed by atoms with Crippen LogP contribution in [0.2, 0.25) is 0 Å². The number of rotatable bonds is 5. The molecule has 1 aromatic heterocycles. The highest BCUT2D eigenvalue weighted by Gasteiger charge is 2.22. The second-order valence-corrected chi connectivity index (χ2v) is 6.38. The van der Waals surface area contributed by atoms with Gasteiger partial charge in [0.15, 0.2) is 0 Å². The minimum atomic E-state index is -1.04. The van der Waals surface area contributed by atoms with Crippen LogP contribution in [0.4, 0.5) is 0 Å². The van der Waals surface area contributed by atoms with Crippen molar-refractivity contribution in [1.29, 1.82) is 0 Å². The molecule has 1 amide bonds. The molecule has 0 fully saturated rings. The predicted octanol–water partition coefficient (Wildman–Crippen LogP) is 3.15. The number of aromatic carboxylic acids is 1. The molecule has 0 unspecified atom stereocenters. The monoisotopic (exact) mass is 303 g/mol. The zero-order chi connectivity index (χ0) is 15.5. The van der Waals surface area contributed by atoms with Gasteiger partial charge in [0.25, 0.3) is 5.91 Å². The van der Waals surface area contributed by atoms with E-state index in [-0.39, 0.29) is 16.9 Å². The molecule has 1 aromatic carbocycles. The minimum Gasteiger partial charge on any atom is -0.478 e. The third-order valence-corrected chi connectivity index (χ3v) is 4.49. The molecule has 0 aliphatic heterocycles. The van der Waals surface area contributed by atoms with Gasteiger partial charge in [-0.25, -0.2) is 4.79 Å². The van der Waals surface area contributed by atoms with Crippen molar-refractivity contribution < 1.29 is 14.7 Å². The number of thiophene rings is 1. The van der Waals surface area contributed by atoms with Gasteiger partial charge < -0.3 is 10.4 Å². The summed E-state index contributed by atoms with van der Waals surface area (Å²) in [6.07, 6.45) is 0. The largest absolute Gasteiger partial charge is 0.478 e. The van der Waals surface area contributed by atoms with E-state index in [9.17, 15) is 9.59 Å². The van der Waals surface area contributed by atoms with Crippen LogP contribution >= 0.6 is 11.3 Å². The Labute approximate surface area is 127 Å². The van der Waals surface area contributed by atoms with Gasteiger partial charge in [0.05, 0.1) is 5.56 Å². The van der Waals surface area contributed by atoms with Gasteiger partial charge in [0, 0.05) is 22.4 Å². The summed E-state index contributed by atoms with van der Waals surface area (Å²) in [4.78, 5) is 24.2. The normalized spacial score (nSPS) is 11.1. The van der Waals surface area contributed by atoms with Gasteiger partial charge in [-0.05, 0) is 29.6 Å². The highest BCUT2D eigenvalue weighted by atomic mass is 32.1. The second-order valence-electron chi connectivity index (χ2n) is 5.43. The van der Waals surface area contributed by atoms with Gasteiger partial charge >= 0.3 is 5.97 Å². The number of carboxylic acid groups (broad SMARTS) is 1. The maximum Gasteiger partial charge on any atom is 0.335 e. The zero-order valence-electron chi connectivity index (χ0n) is 11.9. The third-order valence-electron chi connectivity index (χ3n) is 3.25.